The smallest absolute Gasteiger partial charge is 0.213 e. The molecule has 2 aromatic rings. The second-order valence-electron chi connectivity index (χ2n) is 8.42. The molecule has 0 amide bonds. The van der Waals surface area contributed by atoms with E-state index in [2.05, 4.69) is 47.8 Å². The van der Waals surface area contributed by atoms with E-state index < -0.39 is 0 Å². The fraction of sp³-hybridized carbons (Fsp3) is 0.542. The highest BCUT2D eigenvalue weighted by molar-refractivity contribution is 5.25. The Hall–Kier alpha value is -1.91. The number of aromatic nitrogens is 1. The summed E-state index contributed by atoms with van der Waals surface area (Å²) in [4.78, 5) is 4.87. The van der Waals surface area contributed by atoms with Crippen LogP contribution in [0.25, 0.3) is 0 Å². The van der Waals surface area contributed by atoms with Gasteiger partial charge in [0.15, 0.2) is 0 Å². The number of ether oxygens (including phenoxy) is 2. The summed E-state index contributed by atoms with van der Waals surface area (Å²) in [6.45, 7) is 2.71. The summed E-state index contributed by atoms with van der Waals surface area (Å²) in [6.07, 6.45) is 8.13. The molecule has 1 aromatic carbocycles. The third-order valence-corrected chi connectivity index (χ3v) is 6.59. The predicted molar refractivity (Wildman–Crippen MR) is 112 cm³/mol. The van der Waals surface area contributed by atoms with Crippen LogP contribution in [0.15, 0.2) is 48.5 Å². The molecule has 1 aliphatic carbocycles. The van der Waals surface area contributed by atoms with Crippen LogP contribution in [0.3, 0.4) is 0 Å². The van der Waals surface area contributed by atoms with Crippen LogP contribution in [0, 0.1) is 0 Å². The zero-order chi connectivity index (χ0) is 19.3. The summed E-state index contributed by atoms with van der Waals surface area (Å²) in [5, 5.41) is 3.65. The summed E-state index contributed by atoms with van der Waals surface area (Å²) >= 11 is 0. The molecule has 0 radical (unpaired) electrons. The standard InChI is InChI=1S/C24H32N2O2/c1-27-22-11-7-10-21(26-22)23(14-16-25-18-20-8-3-2-4-9-20)15-17-28-24(19-23)12-5-6-13-24/h2-4,7-11,25H,5-6,12-19H2,1H3. The van der Waals surface area contributed by atoms with Crippen LogP contribution < -0.4 is 10.1 Å². The number of hydrogen-bond donors (Lipinski definition) is 1. The highest BCUT2D eigenvalue weighted by atomic mass is 16.5. The molecule has 28 heavy (non-hydrogen) atoms. The van der Waals surface area contributed by atoms with Gasteiger partial charge in [-0.2, -0.15) is 0 Å². The van der Waals surface area contributed by atoms with Gasteiger partial charge in [-0.05, 0) is 50.3 Å². The monoisotopic (exact) mass is 380 g/mol. The molecule has 1 aliphatic heterocycles. The van der Waals surface area contributed by atoms with Crippen molar-refractivity contribution in [2.75, 3.05) is 20.3 Å². The lowest BCUT2D eigenvalue weighted by Gasteiger charge is -2.46. The molecule has 4 nitrogen and oxygen atoms in total. The van der Waals surface area contributed by atoms with E-state index in [9.17, 15) is 0 Å². The fourth-order valence-corrected chi connectivity index (χ4v) is 5.10. The maximum Gasteiger partial charge on any atom is 0.213 e. The van der Waals surface area contributed by atoms with Gasteiger partial charge < -0.3 is 14.8 Å². The second-order valence-corrected chi connectivity index (χ2v) is 8.42. The first kappa shape index (κ1) is 19.4. The van der Waals surface area contributed by atoms with E-state index in [1.807, 2.05) is 6.07 Å². The van der Waals surface area contributed by atoms with E-state index in [1.165, 1.54) is 36.9 Å². The normalized spacial score (nSPS) is 23.8. The minimum absolute atomic E-state index is 0.0564. The largest absolute Gasteiger partial charge is 0.481 e. The summed E-state index contributed by atoms with van der Waals surface area (Å²) in [5.41, 5.74) is 2.61. The molecule has 150 valence electrons. The molecule has 2 fully saturated rings. The van der Waals surface area contributed by atoms with Crippen molar-refractivity contribution in [3.63, 3.8) is 0 Å². The van der Waals surface area contributed by atoms with E-state index in [0.29, 0.717) is 5.88 Å². The first-order valence-electron chi connectivity index (χ1n) is 10.6. The van der Waals surface area contributed by atoms with Crippen molar-refractivity contribution in [1.29, 1.82) is 0 Å². The number of nitrogens with one attached hydrogen (secondary N) is 1. The van der Waals surface area contributed by atoms with Gasteiger partial charge in [0.1, 0.15) is 0 Å². The molecule has 1 aromatic heterocycles. The van der Waals surface area contributed by atoms with E-state index in [1.54, 1.807) is 7.11 Å². The Bertz CT molecular complexity index is 758. The summed E-state index contributed by atoms with van der Waals surface area (Å²) in [7, 11) is 1.70. The SMILES string of the molecule is COc1cccc(C2(CCNCc3ccccc3)CCOC3(CCCC3)C2)n1. The molecule has 1 saturated heterocycles. The minimum Gasteiger partial charge on any atom is -0.481 e. The fourth-order valence-electron chi connectivity index (χ4n) is 5.10. The number of nitrogens with zero attached hydrogens (tertiary/aromatic N) is 1. The van der Waals surface area contributed by atoms with Gasteiger partial charge in [-0.25, -0.2) is 4.98 Å². The van der Waals surface area contributed by atoms with Gasteiger partial charge in [0, 0.05) is 24.6 Å². The second kappa shape index (κ2) is 8.62. The van der Waals surface area contributed by atoms with Gasteiger partial charge in [-0.15, -0.1) is 0 Å². The van der Waals surface area contributed by atoms with Gasteiger partial charge in [-0.3, -0.25) is 0 Å². The molecule has 1 atom stereocenters. The van der Waals surface area contributed by atoms with Crippen molar-refractivity contribution < 1.29 is 9.47 Å². The van der Waals surface area contributed by atoms with E-state index in [0.717, 1.165) is 39.0 Å². The first-order chi connectivity index (χ1) is 13.7. The number of methoxy groups -OCH3 is 1. The van der Waals surface area contributed by atoms with Crippen molar-refractivity contribution in [3.05, 3.63) is 59.8 Å². The van der Waals surface area contributed by atoms with Gasteiger partial charge >= 0.3 is 0 Å². The molecule has 2 heterocycles. The Morgan fingerprint density at radius 1 is 1.04 bits per heavy atom. The zero-order valence-electron chi connectivity index (χ0n) is 17.0. The van der Waals surface area contributed by atoms with Crippen LogP contribution in [0.5, 0.6) is 5.88 Å². The van der Waals surface area contributed by atoms with Gasteiger partial charge in [-0.1, -0.05) is 49.2 Å². The Morgan fingerprint density at radius 2 is 1.86 bits per heavy atom. The number of pyridine rings is 1. The third-order valence-electron chi connectivity index (χ3n) is 6.59. The van der Waals surface area contributed by atoms with Crippen molar-refractivity contribution in [3.8, 4) is 5.88 Å². The lowest BCUT2D eigenvalue weighted by Crippen LogP contribution is -2.47. The van der Waals surface area contributed by atoms with Gasteiger partial charge in [0.25, 0.3) is 0 Å². The number of hydrogen-bond acceptors (Lipinski definition) is 4. The first-order valence-corrected chi connectivity index (χ1v) is 10.6. The minimum atomic E-state index is 0.0564. The molecule has 0 bridgehead atoms. The van der Waals surface area contributed by atoms with Crippen molar-refractivity contribution in [2.45, 2.75) is 62.5 Å². The molecule has 4 rings (SSSR count). The summed E-state index contributed by atoms with van der Waals surface area (Å²) < 4.78 is 11.8. The van der Waals surface area contributed by atoms with Crippen LogP contribution in [0.4, 0.5) is 0 Å². The molecule has 1 N–H and O–H groups in total. The van der Waals surface area contributed by atoms with E-state index >= 15 is 0 Å². The maximum absolute atomic E-state index is 6.36. The predicted octanol–water partition coefficient (Wildman–Crippen LogP) is 4.63. The van der Waals surface area contributed by atoms with E-state index in [4.69, 9.17) is 14.5 Å². The molecule has 1 unspecified atom stereocenters. The lowest BCUT2D eigenvalue weighted by atomic mass is 9.68. The topological polar surface area (TPSA) is 43.4 Å². The maximum atomic E-state index is 6.36. The van der Waals surface area contributed by atoms with Crippen LogP contribution in [-0.2, 0) is 16.7 Å². The number of benzene rings is 1. The molecule has 4 heteroatoms. The molecule has 1 spiro atoms. The van der Waals surface area contributed by atoms with Gasteiger partial charge in [0.05, 0.1) is 18.4 Å². The van der Waals surface area contributed by atoms with Crippen LogP contribution in [-0.4, -0.2) is 30.8 Å². The molecule has 2 aliphatic rings. The van der Waals surface area contributed by atoms with E-state index in [-0.39, 0.29) is 11.0 Å². The quantitative estimate of drug-likeness (QED) is 0.711. The molecular weight excluding hydrogens is 348 g/mol. The third kappa shape index (κ3) is 4.23. The molecule has 1 saturated carbocycles. The van der Waals surface area contributed by atoms with Gasteiger partial charge in [0.2, 0.25) is 5.88 Å². The Morgan fingerprint density at radius 3 is 2.64 bits per heavy atom. The van der Waals surface area contributed by atoms with Crippen LogP contribution >= 0.6 is 0 Å². The highest BCUT2D eigenvalue weighted by Gasteiger charge is 2.48. The van der Waals surface area contributed by atoms with Crippen molar-refractivity contribution in [1.82, 2.24) is 10.3 Å². The van der Waals surface area contributed by atoms with Crippen LogP contribution in [0.2, 0.25) is 0 Å². The Balaban J connectivity index is 1.51. The zero-order valence-corrected chi connectivity index (χ0v) is 17.0. The van der Waals surface area contributed by atoms with Crippen molar-refractivity contribution >= 4 is 0 Å². The average molecular weight is 381 g/mol. The highest BCUT2D eigenvalue weighted by Crippen LogP contribution is 2.49. The lowest BCUT2D eigenvalue weighted by molar-refractivity contribution is -0.104. The van der Waals surface area contributed by atoms with Crippen molar-refractivity contribution in [2.24, 2.45) is 0 Å². The average Bonchev–Trinajstić information content (AvgIpc) is 3.19. The Labute approximate surface area is 168 Å². The van der Waals surface area contributed by atoms with Crippen LogP contribution in [0.1, 0.15) is 56.2 Å². The number of rotatable bonds is 7. The summed E-state index contributed by atoms with van der Waals surface area (Å²) in [6, 6.07) is 16.8. The Kier molecular flexibility index (Phi) is 5.98. The molecular formula is C24H32N2O2. The summed E-state index contributed by atoms with van der Waals surface area (Å²) in [5.74, 6) is 0.709.